The highest BCUT2D eigenvalue weighted by molar-refractivity contribution is 7.92. The Kier molecular flexibility index (Phi) is 6.80. The highest BCUT2D eigenvalue weighted by atomic mass is 32.2. The first-order valence-corrected chi connectivity index (χ1v) is 10.3. The number of nitrogens with one attached hydrogen (secondary N) is 1. The second-order valence-electron chi connectivity index (χ2n) is 6.40. The van der Waals surface area contributed by atoms with E-state index in [0.717, 1.165) is 32.1 Å². The second kappa shape index (κ2) is 8.64. The van der Waals surface area contributed by atoms with E-state index in [-0.39, 0.29) is 18.6 Å². The number of hydrogen-bond donors (Lipinski definition) is 2. The summed E-state index contributed by atoms with van der Waals surface area (Å²) in [5, 5.41) is 12.3. The predicted molar refractivity (Wildman–Crippen MR) is 98.3 cm³/mol. The first-order chi connectivity index (χ1) is 11.8. The van der Waals surface area contributed by atoms with Crippen LogP contribution in [0.25, 0.3) is 0 Å². The van der Waals surface area contributed by atoms with Crippen molar-refractivity contribution in [2.75, 3.05) is 43.8 Å². The molecule has 0 aromatic heterocycles. The topological polar surface area (TPSA) is 89.9 Å². The third-order valence-corrected chi connectivity index (χ3v) is 5.84. The fraction of sp³-hybridized carbons (Fsp3) is 0.588. The molecule has 1 atom stereocenters. The third kappa shape index (κ3) is 5.42. The lowest BCUT2D eigenvalue weighted by atomic mass is 10.0. The van der Waals surface area contributed by atoms with Crippen molar-refractivity contribution >= 4 is 21.6 Å². The van der Waals surface area contributed by atoms with Gasteiger partial charge in [-0.1, -0.05) is 6.42 Å². The summed E-state index contributed by atoms with van der Waals surface area (Å²) >= 11 is 0. The van der Waals surface area contributed by atoms with E-state index in [9.17, 15) is 18.3 Å². The highest BCUT2D eigenvalue weighted by Crippen LogP contribution is 2.17. The van der Waals surface area contributed by atoms with Gasteiger partial charge in [0.25, 0.3) is 5.91 Å². The van der Waals surface area contributed by atoms with Gasteiger partial charge in [0.05, 0.1) is 18.6 Å². The number of anilines is 1. The zero-order chi connectivity index (χ0) is 18.4. The number of likely N-dealkylation sites (tertiary alicyclic amines) is 1. The summed E-state index contributed by atoms with van der Waals surface area (Å²) in [6.45, 7) is 2.34. The lowest BCUT2D eigenvalue weighted by Crippen LogP contribution is -2.45. The Labute approximate surface area is 149 Å². The average Bonchev–Trinajstić information content (AvgIpc) is 2.60. The molecular weight excluding hydrogens is 342 g/mol. The normalized spacial score (nSPS) is 18.8. The molecule has 1 aliphatic heterocycles. The number of carbonyl (C=O) groups is 1. The number of hydrogen-bond acceptors (Lipinski definition) is 5. The van der Waals surface area contributed by atoms with Crippen molar-refractivity contribution in [1.82, 2.24) is 10.2 Å². The van der Waals surface area contributed by atoms with E-state index in [0.29, 0.717) is 24.3 Å². The summed E-state index contributed by atoms with van der Waals surface area (Å²) in [7, 11) is -1.84. The Hall–Kier alpha value is -1.64. The number of sulfonamides is 1. The van der Waals surface area contributed by atoms with Gasteiger partial charge in [-0.15, -0.1) is 0 Å². The number of nitrogens with zero attached hydrogens (tertiary/aromatic N) is 2. The number of aliphatic hydroxyl groups is 1. The van der Waals surface area contributed by atoms with Crippen molar-refractivity contribution in [3.8, 4) is 0 Å². The molecule has 25 heavy (non-hydrogen) atoms. The lowest BCUT2D eigenvalue weighted by molar-refractivity contribution is 0.0849. The van der Waals surface area contributed by atoms with Crippen molar-refractivity contribution in [3.05, 3.63) is 29.8 Å². The van der Waals surface area contributed by atoms with Gasteiger partial charge in [-0.25, -0.2) is 8.42 Å². The van der Waals surface area contributed by atoms with Crippen LogP contribution >= 0.6 is 0 Å². The molecule has 140 valence electrons. The van der Waals surface area contributed by atoms with E-state index in [1.807, 2.05) is 0 Å². The van der Waals surface area contributed by atoms with Crippen LogP contribution in [0.4, 0.5) is 5.69 Å². The summed E-state index contributed by atoms with van der Waals surface area (Å²) < 4.78 is 24.2. The summed E-state index contributed by atoms with van der Waals surface area (Å²) in [5.74, 6) is -0.189. The van der Waals surface area contributed by atoms with Gasteiger partial charge in [0.2, 0.25) is 10.0 Å². The van der Waals surface area contributed by atoms with E-state index in [1.54, 1.807) is 24.3 Å². The van der Waals surface area contributed by atoms with Crippen LogP contribution < -0.4 is 9.62 Å². The molecule has 1 aromatic carbocycles. The molecule has 0 radical (unpaired) electrons. The SMILES string of the molecule is CN(c1ccc(C(=O)NCCN2CCCC[C@H]2CO)cc1)S(C)(=O)=O. The Morgan fingerprint density at radius 2 is 2.00 bits per heavy atom. The molecule has 0 bridgehead atoms. The standard InChI is InChI=1S/C17H27N3O4S/c1-19(25(2,23)24)15-8-6-14(7-9-15)17(22)18-10-12-20-11-4-3-5-16(20)13-21/h6-9,16,21H,3-5,10-13H2,1-2H3,(H,18,22)/t16-/m0/s1. The van der Waals surface area contributed by atoms with Gasteiger partial charge < -0.3 is 10.4 Å². The smallest absolute Gasteiger partial charge is 0.251 e. The van der Waals surface area contributed by atoms with Gasteiger partial charge >= 0.3 is 0 Å². The Morgan fingerprint density at radius 1 is 1.32 bits per heavy atom. The summed E-state index contributed by atoms with van der Waals surface area (Å²) in [4.78, 5) is 14.4. The van der Waals surface area contributed by atoms with E-state index in [1.165, 1.54) is 11.4 Å². The van der Waals surface area contributed by atoms with Crippen molar-refractivity contribution < 1.29 is 18.3 Å². The number of carbonyl (C=O) groups excluding carboxylic acids is 1. The maximum Gasteiger partial charge on any atom is 0.251 e. The summed E-state index contributed by atoms with van der Waals surface area (Å²) in [6.07, 6.45) is 4.40. The van der Waals surface area contributed by atoms with Crippen LogP contribution in [0.5, 0.6) is 0 Å². The molecule has 2 N–H and O–H groups in total. The number of piperidine rings is 1. The Bertz CT molecular complexity index is 676. The minimum Gasteiger partial charge on any atom is -0.395 e. The maximum atomic E-state index is 12.2. The molecule has 0 spiro atoms. The maximum absolute atomic E-state index is 12.2. The predicted octanol–water partition coefficient (Wildman–Crippen LogP) is 0.659. The molecule has 1 aromatic rings. The quantitative estimate of drug-likeness (QED) is 0.737. The summed E-state index contributed by atoms with van der Waals surface area (Å²) in [6, 6.07) is 6.65. The fourth-order valence-electron chi connectivity index (χ4n) is 2.99. The first kappa shape index (κ1) is 19.7. The van der Waals surface area contributed by atoms with Crippen LogP contribution in [0.3, 0.4) is 0 Å². The number of amides is 1. The Morgan fingerprint density at radius 3 is 2.60 bits per heavy atom. The zero-order valence-electron chi connectivity index (χ0n) is 14.8. The van der Waals surface area contributed by atoms with E-state index in [2.05, 4.69) is 10.2 Å². The highest BCUT2D eigenvalue weighted by Gasteiger charge is 2.21. The van der Waals surface area contributed by atoms with Crippen molar-refractivity contribution in [2.24, 2.45) is 0 Å². The average molecular weight is 369 g/mol. The van der Waals surface area contributed by atoms with Gasteiger partial charge in [0, 0.05) is 31.7 Å². The van der Waals surface area contributed by atoms with Gasteiger partial charge in [0.1, 0.15) is 0 Å². The molecule has 1 amide bonds. The minimum absolute atomic E-state index is 0.156. The van der Waals surface area contributed by atoms with Crippen molar-refractivity contribution in [2.45, 2.75) is 25.3 Å². The van der Waals surface area contributed by atoms with Gasteiger partial charge in [-0.05, 0) is 43.7 Å². The van der Waals surface area contributed by atoms with Crippen LogP contribution in [-0.2, 0) is 10.0 Å². The van der Waals surface area contributed by atoms with E-state index < -0.39 is 10.0 Å². The number of aliphatic hydroxyl groups excluding tert-OH is 1. The molecule has 0 aliphatic carbocycles. The van der Waals surface area contributed by atoms with Crippen LogP contribution in [0.1, 0.15) is 29.6 Å². The van der Waals surface area contributed by atoms with E-state index in [4.69, 9.17) is 0 Å². The lowest BCUT2D eigenvalue weighted by Gasteiger charge is -2.34. The fourth-order valence-corrected chi connectivity index (χ4v) is 3.50. The molecule has 2 rings (SSSR count). The molecule has 1 heterocycles. The van der Waals surface area contributed by atoms with Gasteiger partial charge in [-0.3, -0.25) is 14.0 Å². The van der Waals surface area contributed by atoms with Crippen molar-refractivity contribution in [1.29, 1.82) is 0 Å². The molecular formula is C17H27N3O4S. The largest absolute Gasteiger partial charge is 0.395 e. The van der Waals surface area contributed by atoms with Crippen molar-refractivity contribution in [3.63, 3.8) is 0 Å². The Balaban J connectivity index is 1.86. The molecule has 1 fully saturated rings. The van der Waals surface area contributed by atoms with Gasteiger partial charge in [0.15, 0.2) is 0 Å². The molecule has 1 saturated heterocycles. The molecule has 0 unspecified atom stereocenters. The number of rotatable bonds is 7. The molecule has 1 aliphatic rings. The molecule has 0 saturated carbocycles. The molecule has 7 nitrogen and oxygen atoms in total. The third-order valence-electron chi connectivity index (χ3n) is 4.63. The zero-order valence-corrected chi connectivity index (χ0v) is 15.6. The first-order valence-electron chi connectivity index (χ1n) is 8.50. The second-order valence-corrected chi connectivity index (χ2v) is 8.42. The van der Waals surface area contributed by atoms with Crippen LogP contribution in [-0.4, -0.2) is 69.9 Å². The van der Waals surface area contributed by atoms with Crippen LogP contribution in [0.2, 0.25) is 0 Å². The monoisotopic (exact) mass is 369 g/mol. The number of benzene rings is 1. The van der Waals surface area contributed by atoms with Crippen LogP contribution in [0.15, 0.2) is 24.3 Å². The summed E-state index contributed by atoms with van der Waals surface area (Å²) in [5.41, 5.74) is 1.00. The minimum atomic E-state index is -3.32. The van der Waals surface area contributed by atoms with Gasteiger partial charge in [-0.2, -0.15) is 0 Å². The van der Waals surface area contributed by atoms with E-state index >= 15 is 0 Å². The van der Waals surface area contributed by atoms with Crippen LogP contribution in [0, 0.1) is 0 Å². The molecule has 8 heteroatoms.